The average molecular weight is 293 g/mol. The van der Waals surface area contributed by atoms with E-state index in [1.54, 1.807) is 14.2 Å². The molecule has 0 heterocycles. The van der Waals surface area contributed by atoms with Crippen molar-refractivity contribution in [2.75, 3.05) is 27.4 Å². The highest BCUT2D eigenvalue weighted by atomic mass is 16.5. The van der Waals surface area contributed by atoms with Gasteiger partial charge in [0, 0.05) is 25.1 Å². The number of hydrogen-bond acceptors (Lipinski definition) is 4. The molecule has 0 amide bonds. The first-order chi connectivity index (χ1) is 10.2. The topological polar surface area (TPSA) is 50.7 Å². The van der Waals surface area contributed by atoms with Gasteiger partial charge in [0.2, 0.25) is 0 Å². The Hall–Kier alpha value is -1.26. The van der Waals surface area contributed by atoms with E-state index in [1.165, 1.54) is 19.3 Å². The molecule has 1 aliphatic carbocycles. The van der Waals surface area contributed by atoms with Crippen LogP contribution < -0.4 is 14.8 Å². The molecule has 0 atom stereocenters. The Morgan fingerprint density at radius 1 is 1.10 bits per heavy atom. The van der Waals surface area contributed by atoms with Crippen LogP contribution in [-0.2, 0) is 6.54 Å². The first-order valence-corrected chi connectivity index (χ1v) is 7.75. The van der Waals surface area contributed by atoms with Crippen molar-refractivity contribution in [2.45, 2.75) is 38.6 Å². The Morgan fingerprint density at radius 3 is 2.43 bits per heavy atom. The summed E-state index contributed by atoms with van der Waals surface area (Å²) in [6.07, 6.45) is 6.03. The fourth-order valence-electron chi connectivity index (χ4n) is 3.16. The highest BCUT2D eigenvalue weighted by Gasteiger charge is 2.30. The lowest BCUT2D eigenvalue weighted by molar-refractivity contribution is 0.0810. The summed E-state index contributed by atoms with van der Waals surface area (Å²) in [7, 11) is 3.29. The van der Waals surface area contributed by atoms with Crippen LogP contribution in [0.2, 0.25) is 0 Å². The number of nitrogens with one attached hydrogen (secondary N) is 1. The zero-order valence-electron chi connectivity index (χ0n) is 13.2. The second-order valence-corrected chi connectivity index (χ2v) is 6.01. The number of ether oxygens (including phenoxy) is 2. The van der Waals surface area contributed by atoms with Gasteiger partial charge < -0.3 is 19.9 Å². The summed E-state index contributed by atoms with van der Waals surface area (Å²) in [6, 6.07) is 5.97. The van der Waals surface area contributed by atoms with Crippen molar-refractivity contribution >= 4 is 0 Å². The fourth-order valence-corrected chi connectivity index (χ4v) is 3.16. The maximum absolute atomic E-state index is 9.71. The third-order valence-electron chi connectivity index (χ3n) is 4.53. The lowest BCUT2D eigenvalue weighted by Gasteiger charge is -2.35. The van der Waals surface area contributed by atoms with E-state index in [2.05, 4.69) is 5.32 Å². The first-order valence-electron chi connectivity index (χ1n) is 7.75. The average Bonchev–Trinajstić information content (AvgIpc) is 2.55. The van der Waals surface area contributed by atoms with Gasteiger partial charge >= 0.3 is 0 Å². The number of methoxy groups -OCH3 is 2. The molecule has 0 spiro atoms. The minimum Gasteiger partial charge on any atom is -0.493 e. The van der Waals surface area contributed by atoms with Crippen molar-refractivity contribution in [1.82, 2.24) is 5.32 Å². The zero-order chi connectivity index (χ0) is 15.1. The first kappa shape index (κ1) is 16.1. The van der Waals surface area contributed by atoms with Crippen molar-refractivity contribution in [1.29, 1.82) is 0 Å². The van der Waals surface area contributed by atoms with Crippen LogP contribution in [0.15, 0.2) is 18.2 Å². The van der Waals surface area contributed by atoms with Gasteiger partial charge in [-0.05, 0) is 30.5 Å². The molecule has 4 nitrogen and oxygen atoms in total. The van der Waals surface area contributed by atoms with Gasteiger partial charge in [-0.15, -0.1) is 0 Å². The summed E-state index contributed by atoms with van der Waals surface area (Å²) < 4.78 is 10.6. The predicted molar refractivity (Wildman–Crippen MR) is 83.9 cm³/mol. The largest absolute Gasteiger partial charge is 0.493 e. The maximum atomic E-state index is 9.71. The third-order valence-corrected chi connectivity index (χ3v) is 4.53. The van der Waals surface area contributed by atoms with E-state index in [0.29, 0.717) is 0 Å². The van der Waals surface area contributed by atoms with Gasteiger partial charge in [0.15, 0.2) is 11.5 Å². The normalized spacial score (nSPS) is 17.5. The smallest absolute Gasteiger partial charge is 0.161 e. The summed E-state index contributed by atoms with van der Waals surface area (Å²) >= 11 is 0. The van der Waals surface area contributed by atoms with Crippen LogP contribution in [0.4, 0.5) is 0 Å². The van der Waals surface area contributed by atoms with E-state index in [4.69, 9.17) is 9.47 Å². The van der Waals surface area contributed by atoms with Gasteiger partial charge in [-0.25, -0.2) is 0 Å². The molecule has 0 saturated heterocycles. The molecule has 2 rings (SSSR count). The van der Waals surface area contributed by atoms with Gasteiger partial charge in [-0.3, -0.25) is 0 Å². The molecule has 4 heteroatoms. The van der Waals surface area contributed by atoms with Gasteiger partial charge in [-0.1, -0.05) is 25.3 Å². The van der Waals surface area contributed by atoms with E-state index < -0.39 is 0 Å². The van der Waals surface area contributed by atoms with E-state index in [1.807, 2.05) is 18.2 Å². The Morgan fingerprint density at radius 2 is 1.81 bits per heavy atom. The van der Waals surface area contributed by atoms with Crippen LogP contribution in [0.1, 0.15) is 37.7 Å². The van der Waals surface area contributed by atoms with Crippen molar-refractivity contribution in [3.63, 3.8) is 0 Å². The van der Waals surface area contributed by atoms with Crippen molar-refractivity contribution in [3.8, 4) is 11.5 Å². The quantitative estimate of drug-likeness (QED) is 0.811. The second kappa shape index (κ2) is 7.66. The van der Waals surface area contributed by atoms with Crippen LogP contribution in [-0.4, -0.2) is 32.5 Å². The number of hydrogen-bond donors (Lipinski definition) is 2. The zero-order valence-corrected chi connectivity index (χ0v) is 13.2. The van der Waals surface area contributed by atoms with Crippen molar-refractivity contribution in [2.24, 2.45) is 5.41 Å². The van der Waals surface area contributed by atoms with Crippen LogP contribution in [0.5, 0.6) is 11.5 Å². The van der Waals surface area contributed by atoms with Crippen LogP contribution >= 0.6 is 0 Å². The van der Waals surface area contributed by atoms with Gasteiger partial charge in [-0.2, -0.15) is 0 Å². The summed E-state index contributed by atoms with van der Waals surface area (Å²) in [5.74, 6) is 1.51. The standard InChI is InChI=1S/C17H27NO3/c1-20-15-7-6-14(10-16(15)21-2)11-18-12-17(13-19)8-4-3-5-9-17/h6-7,10,18-19H,3-5,8-9,11-13H2,1-2H3. The van der Waals surface area contributed by atoms with Gasteiger partial charge in [0.1, 0.15) is 0 Å². The molecule has 0 aromatic heterocycles. The molecule has 21 heavy (non-hydrogen) atoms. The Labute approximate surface area is 127 Å². The summed E-state index contributed by atoms with van der Waals surface area (Å²) in [5.41, 5.74) is 1.24. The van der Waals surface area contributed by atoms with Crippen molar-refractivity contribution in [3.05, 3.63) is 23.8 Å². The highest BCUT2D eigenvalue weighted by molar-refractivity contribution is 5.42. The van der Waals surface area contributed by atoms with Gasteiger partial charge in [0.25, 0.3) is 0 Å². The second-order valence-electron chi connectivity index (χ2n) is 6.01. The Bertz CT molecular complexity index is 442. The van der Waals surface area contributed by atoms with E-state index in [9.17, 15) is 5.11 Å². The maximum Gasteiger partial charge on any atom is 0.161 e. The van der Waals surface area contributed by atoms with Crippen LogP contribution in [0.25, 0.3) is 0 Å². The SMILES string of the molecule is COc1ccc(CNCC2(CO)CCCCC2)cc1OC. The van der Waals surface area contributed by atoms with E-state index in [0.717, 1.165) is 43.0 Å². The van der Waals surface area contributed by atoms with Crippen molar-refractivity contribution < 1.29 is 14.6 Å². The molecule has 0 radical (unpaired) electrons. The molecule has 2 N–H and O–H groups in total. The number of aliphatic hydroxyl groups is 1. The van der Waals surface area contributed by atoms with Gasteiger partial charge in [0.05, 0.1) is 14.2 Å². The molecular weight excluding hydrogens is 266 g/mol. The molecule has 0 unspecified atom stereocenters. The monoisotopic (exact) mass is 293 g/mol. The molecular formula is C17H27NO3. The third kappa shape index (κ3) is 4.11. The van der Waals surface area contributed by atoms with Crippen LogP contribution in [0.3, 0.4) is 0 Å². The number of aliphatic hydroxyl groups excluding tert-OH is 1. The van der Waals surface area contributed by atoms with E-state index in [-0.39, 0.29) is 12.0 Å². The lowest BCUT2D eigenvalue weighted by Crippen LogP contribution is -2.38. The summed E-state index contributed by atoms with van der Waals surface area (Å²) in [6.45, 7) is 1.94. The van der Waals surface area contributed by atoms with Crippen LogP contribution in [0, 0.1) is 5.41 Å². The molecule has 0 bridgehead atoms. The molecule has 0 aliphatic heterocycles. The predicted octanol–water partition coefficient (Wildman–Crippen LogP) is 2.74. The summed E-state index contributed by atoms with van der Waals surface area (Å²) in [5, 5.41) is 13.2. The minimum absolute atomic E-state index is 0.0782. The lowest BCUT2D eigenvalue weighted by atomic mass is 9.74. The highest BCUT2D eigenvalue weighted by Crippen LogP contribution is 2.35. The fraction of sp³-hybridized carbons (Fsp3) is 0.647. The number of rotatable bonds is 7. The Balaban J connectivity index is 1.90. The Kier molecular flexibility index (Phi) is 5.88. The molecule has 1 aromatic rings. The molecule has 1 fully saturated rings. The molecule has 1 aliphatic rings. The van der Waals surface area contributed by atoms with E-state index >= 15 is 0 Å². The molecule has 1 saturated carbocycles. The minimum atomic E-state index is 0.0782. The number of benzene rings is 1. The molecule has 1 aromatic carbocycles. The summed E-state index contributed by atoms with van der Waals surface area (Å²) in [4.78, 5) is 0. The molecule has 118 valence electrons.